The predicted octanol–water partition coefficient (Wildman–Crippen LogP) is 2.40. The molecular formula is C23H39N5. The van der Waals surface area contributed by atoms with Gasteiger partial charge in [-0.3, -0.25) is 9.89 Å². The van der Waals surface area contributed by atoms with E-state index < -0.39 is 0 Å². The molecule has 2 heterocycles. The van der Waals surface area contributed by atoms with Crippen LogP contribution in [0.5, 0.6) is 0 Å². The Morgan fingerprint density at radius 3 is 2.46 bits per heavy atom. The predicted molar refractivity (Wildman–Crippen MR) is 119 cm³/mol. The van der Waals surface area contributed by atoms with Crippen LogP contribution in [0.4, 0.5) is 0 Å². The summed E-state index contributed by atoms with van der Waals surface area (Å²) in [7, 11) is 4.15. The van der Waals surface area contributed by atoms with Crippen LogP contribution in [-0.4, -0.2) is 86.6 Å². The van der Waals surface area contributed by atoms with Crippen molar-refractivity contribution in [2.75, 3.05) is 59.9 Å². The van der Waals surface area contributed by atoms with Crippen LogP contribution >= 0.6 is 0 Å². The minimum atomic E-state index is 0.563. The number of benzene rings is 1. The van der Waals surface area contributed by atoms with Gasteiger partial charge < -0.3 is 15.1 Å². The summed E-state index contributed by atoms with van der Waals surface area (Å²) in [5, 5.41) is 3.71. The summed E-state index contributed by atoms with van der Waals surface area (Å²) in [6.45, 7) is 12.6. The van der Waals surface area contributed by atoms with E-state index in [9.17, 15) is 0 Å². The van der Waals surface area contributed by atoms with Gasteiger partial charge >= 0.3 is 0 Å². The molecule has 1 aromatic rings. The Kier molecular flexibility index (Phi) is 7.74. The van der Waals surface area contributed by atoms with Crippen LogP contribution in [0.25, 0.3) is 0 Å². The fraction of sp³-hybridized carbons (Fsp3) is 0.696. The summed E-state index contributed by atoms with van der Waals surface area (Å²) in [6, 6.07) is 11.5. The summed E-state index contributed by atoms with van der Waals surface area (Å²) in [5.74, 6) is 2.44. The smallest absolute Gasteiger partial charge is 0.193 e. The van der Waals surface area contributed by atoms with Crippen LogP contribution in [0, 0.1) is 11.8 Å². The van der Waals surface area contributed by atoms with Gasteiger partial charge in [0.1, 0.15) is 0 Å². The molecule has 1 N–H and O–H groups in total. The molecule has 2 fully saturated rings. The van der Waals surface area contributed by atoms with Gasteiger partial charge in [0, 0.05) is 58.9 Å². The van der Waals surface area contributed by atoms with Gasteiger partial charge in [0.15, 0.2) is 5.96 Å². The van der Waals surface area contributed by atoms with Crippen molar-refractivity contribution in [3.8, 4) is 0 Å². The highest BCUT2D eigenvalue weighted by Crippen LogP contribution is 2.21. The van der Waals surface area contributed by atoms with E-state index in [1.807, 2.05) is 7.05 Å². The molecule has 0 radical (unpaired) electrons. The lowest BCUT2D eigenvalue weighted by atomic mass is 9.99. The topological polar surface area (TPSA) is 34.1 Å². The number of piperazine rings is 1. The summed E-state index contributed by atoms with van der Waals surface area (Å²) in [5.41, 5.74) is 1.45. The Balaban J connectivity index is 1.51. The third-order valence-corrected chi connectivity index (χ3v) is 6.41. The first-order valence-electron chi connectivity index (χ1n) is 11.0. The average molecular weight is 386 g/mol. The van der Waals surface area contributed by atoms with Gasteiger partial charge in [-0.15, -0.1) is 0 Å². The number of rotatable bonds is 6. The first-order chi connectivity index (χ1) is 13.6. The Morgan fingerprint density at radius 1 is 1.11 bits per heavy atom. The maximum Gasteiger partial charge on any atom is 0.193 e. The van der Waals surface area contributed by atoms with Crippen LogP contribution < -0.4 is 5.32 Å². The van der Waals surface area contributed by atoms with Crippen molar-refractivity contribution in [1.29, 1.82) is 0 Å². The van der Waals surface area contributed by atoms with Gasteiger partial charge in [-0.05, 0) is 37.3 Å². The van der Waals surface area contributed by atoms with Crippen LogP contribution in [-0.2, 0) is 6.42 Å². The van der Waals surface area contributed by atoms with Crippen molar-refractivity contribution >= 4 is 5.96 Å². The maximum atomic E-state index is 4.60. The highest BCUT2D eigenvalue weighted by atomic mass is 15.3. The monoisotopic (exact) mass is 385 g/mol. The molecule has 3 rings (SSSR count). The van der Waals surface area contributed by atoms with Crippen molar-refractivity contribution < 1.29 is 0 Å². The molecule has 2 saturated heterocycles. The molecule has 28 heavy (non-hydrogen) atoms. The second kappa shape index (κ2) is 10.3. The van der Waals surface area contributed by atoms with Gasteiger partial charge in [-0.2, -0.15) is 0 Å². The lowest BCUT2D eigenvalue weighted by Gasteiger charge is -2.40. The number of likely N-dealkylation sites (N-methyl/N-ethyl adjacent to an activating group) is 1. The van der Waals surface area contributed by atoms with Crippen LogP contribution in [0.1, 0.15) is 25.8 Å². The van der Waals surface area contributed by atoms with E-state index in [0.29, 0.717) is 12.0 Å². The molecule has 2 aliphatic heterocycles. The second-order valence-corrected chi connectivity index (χ2v) is 8.87. The number of hydrogen-bond donors (Lipinski definition) is 1. The third-order valence-electron chi connectivity index (χ3n) is 6.41. The molecule has 2 unspecified atom stereocenters. The van der Waals surface area contributed by atoms with E-state index in [0.717, 1.165) is 31.5 Å². The minimum Gasteiger partial charge on any atom is -0.355 e. The maximum absolute atomic E-state index is 4.60. The van der Waals surface area contributed by atoms with Crippen molar-refractivity contribution in [2.45, 2.75) is 32.7 Å². The Morgan fingerprint density at radius 2 is 1.82 bits per heavy atom. The fourth-order valence-electron chi connectivity index (χ4n) is 4.61. The number of likely N-dealkylation sites (tertiary alicyclic amines) is 1. The van der Waals surface area contributed by atoms with Gasteiger partial charge in [0.05, 0.1) is 0 Å². The van der Waals surface area contributed by atoms with E-state index in [2.05, 4.69) is 76.2 Å². The molecule has 0 saturated carbocycles. The minimum absolute atomic E-state index is 0.563. The molecule has 2 atom stereocenters. The molecule has 0 spiro atoms. The normalized spacial score (nSPS) is 23.4. The molecule has 156 valence electrons. The van der Waals surface area contributed by atoms with E-state index >= 15 is 0 Å². The molecule has 0 bridgehead atoms. The molecule has 1 aromatic carbocycles. The molecule has 5 nitrogen and oxygen atoms in total. The summed E-state index contributed by atoms with van der Waals surface area (Å²) >= 11 is 0. The zero-order valence-electron chi connectivity index (χ0n) is 18.3. The van der Waals surface area contributed by atoms with Crippen molar-refractivity contribution in [1.82, 2.24) is 20.0 Å². The molecule has 0 aliphatic carbocycles. The van der Waals surface area contributed by atoms with E-state index in [1.54, 1.807) is 0 Å². The van der Waals surface area contributed by atoms with Crippen LogP contribution in [0.3, 0.4) is 0 Å². The largest absolute Gasteiger partial charge is 0.355 e. The molecular weight excluding hydrogens is 346 g/mol. The summed E-state index contributed by atoms with van der Waals surface area (Å²) < 4.78 is 0. The number of hydrogen-bond acceptors (Lipinski definition) is 3. The summed E-state index contributed by atoms with van der Waals surface area (Å²) in [6.07, 6.45) is 2.42. The van der Waals surface area contributed by atoms with E-state index in [-0.39, 0.29) is 0 Å². The second-order valence-electron chi connectivity index (χ2n) is 8.87. The third kappa shape index (κ3) is 5.71. The first-order valence-corrected chi connectivity index (χ1v) is 11.0. The molecule has 0 aromatic heterocycles. The Labute approximate surface area is 171 Å². The van der Waals surface area contributed by atoms with E-state index in [1.165, 1.54) is 44.6 Å². The average Bonchev–Trinajstić information content (AvgIpc) is 3.15. The SMILES string of the molecule is CN=C(NCC(C(C)C)N1CCN(C)CC1)N1CCC(Cc2ccccc2)C1. The number of guanidine groups is 1. The Hall–Kier alpha value is -1.59. The van der Waals surface area contributed by atoms with Gasteiger partial charge in [0.2, 0.25) is 0 Å². The summed E-state index contributed by atoms with van der Waals surface area (Å²) in [4.78, 5) is 12.1. The van der Waals surface area contributed by atoms with E-state index in [4.69, 9.17) is 0 Å². The quantitative estimate of drug-likeness (QED) is 0.602. The standard InChI is InChI=1S/C23H39N5/c1-19(2)22(27-14-12-26(4)13-15-27)17-25-23(24-3)28-11-10-21(18-28)16-20-8-6-5-7-9-20/h5-9,19,21-22H,10-18H2,1-4H3,(H,24,25). The molecule has 5 heteroatoms. The highest BCUT2D eigenvalue weighted by molar-refractivity contribution is 5.80. The molecule has 2 aliphatic rings. The highest BCUT2D eigenvalue weighted by Gasteiger charge is 2.28. The number of nitrogens with one attached hydrogen (secondary N) is 1. The van der Waals surface area contributed by atoms with Crippen LogP contribution in [0.15, 0.2) is 35.3 Å². The Bertz CT molecular complexity index is 607. The fourth-order valence-corrected chi connectivity index (χ4v) is 4.61. The van der Waals surface area contributed by atoms with Crippen molar-refractivity contribution in [3.05, 3.63) is 35.9 Å². The lowest BCUT2D eigenvalue weighted by molar-refractivity contribution is 0.0897. The zero-order chi connectivity index (χ0) is 19.9. The number of aliphatic imine (C=N–C) groups is 1. The zero-order valence-corrected chi connectivity index (χ0v) is 18.3. The lowest BCUT2D eigenvalue weighted by Crippen LogP contribution is -2.55. The number of nitrogens with zero attached hydrogens (tertiary/aromatic N) is 4. The van der Waals surface area contributed by atoms with Crippen LogP contribution in [0.2, 0.25) is 0 Å². The van der Waals surface area contributed by atoms with Gasteiger partial charge in [-0.25, -0.2) is 0 Å². The molecule has 0 amide bonds. The van der Waals surface area contributed by atoms with Crippen molar-refractivity contribution in [2.24, 2.45) is 16.8 Å². The van der Waals surface area contributed by atoms with Crippen molar-refractivity contribution in [3.63, 3.8) is 0 Å². The first kappa shape index (κ1) is 21.1. The van der Waals surface area contributed by atoms with Gasteiger partial charge in [-0.1, -0.05) is 44.2 Å². The van der Waals surface area contributed by atoms with Gasteiger partial charge in [0.25, 0.3) is 0 Å².